The first-order valence-corrected chi connectivity index (χ1v) is 11.6. The first-order chi connectivity index (χ1) is 9.50. The maximum absolute atomic E-state index is 6.64. The molecule has 0 rings (SSSR count). The zero-order valence-electron chi connectivity index (χ0n) is 15.0. The summed E-state index contributed by atoms with van der Waals surface area (Å²) >= 11 is 3.50. The molecule has 0 aromatic carbocycles. The van der Waals surface area contributed by atoms with Crippen LogP contribution in [0.5, 0.6) is 0 Å². The lowest BCUT2D eigenvalue weighted by Gasteiger charge is -2.42. The monoisotopic (exact) mass is 376 g/mol. The highest BCUT2D eigenvalue weighted by Gasteiger charge is 2.41. The molecule has 0 heterocycles. The van der Waals surface area contributed by atoms with Gasteiger partial charge in [-0.25, -0.2) is 0 Å². The molecule has 21 heavy (non-hydrogen) atoms. The second-order valence-electron chi connectivity index (χ2n) is 7.28. The van der Waals surface area contributed by atoms with Gasteiger partial charge in [-0.15, -0.1) is 6.58 Å². The van der Waals surface area contributed by atoms with E-state index in [0.29, 0.717) is 0 Å². The van der Waals surface area contributed by atoms with Crippen LogP contribution in [0.4, 0.5) is 0 Å². The van der Waals surface area contributed by atoms with Crippen LogP contribution in [0, 0.1) is 5.92 Å². The molecule has 0 aromatic rings. The van der Waals surface area contributed by atoms with Gasteiger partial charge in [0.2, 0.25) is 0 Å². The molecule has 0 aliphatic rings. The molecule has 0 unspecified atom stereocenters. The molecule has 0 aromatic heterocycles. The van der Waals surface area contributed by atoms with Crippen molar-refractivity contribution in [2.45, 2.75) is 65.0 Å². The van der Waals surface area contributed by atoms with E-state index >= 15 is 0 Å². The van der Waals surface area contributed by atoms with Gasteiger partial charge >= 0.3 is 0 Å². The summed E-state index contributed by atoms with van der Waals surface area (Å²) in [7, 11) is -0.132. The van der Waals surface area contributed by atoms with Gasteiger partial charge < -0.3 is 9.16 Å². The van der Waals surface area contributed by atoms with Crippen molar-refractivity contribution in [2.24, 2.45) is 5.92 Å². The average molecular weight is 377 g/mol. The lowest BCUT2D eigenvalue weighted by molar-refractivity contribution is 0.00601. The summed E-state index contributed by atoms with van der Waals surface area (Å²) in [5.74, 6) is 0.277. The molecule has 0 spiro atoms. The second-order valence-corrected chi connectivity index (χ2v) is 12.6. The molecule has 0 N–H and O–H groups in total. The summed E-state index contributed by atoms with van der Waals surface area (Å²) < 4.78 is 12.2. The van der Waals surface area contributed by atoms with E-state index < -0.39 is 8.32 Å². The third-order valence-corrected chi connectivity index (χ3v) is 9.70. The van der Waals surface area contributed by atoms with Crippen molar-refractivity contribution >= 4 is 24.2 Å². The van der Waals surface area contributed by atoms with E-state index in [4.69, 9.17) is 9.16 Å². The van der Waals surface area contributed by atoms with Crippen LogP contribution in [0.25, 0.3) is 0 Å². The first-order valence-electron chi connectivity index (χ1n) is 7.56. The van der Waals surface area contributed by atoms with Gasteiger partial charge in [0, 0.05) is 18.4 Å². The third kappa shape index (κ3) is 6.39. The summed E-state index contributed by atoms with van der Waals surface area (Å²) in [6.45, 7) is 19.6. The van der Waals surface area contributed by atoms with Crippen LogP contribution in [0.15, 0.2) is 24.3 Å². The van der Waals surface area contributed by atoms with Gasteiger partial charge in [0.1, 0.15) is 6.10 Å². The van der Waals surface area contributed by atoms with Crippen LogP contribution in [-0.2, 0) is 9.16 Å². The number of hydrogen-bond donors (Lipinski definition) is 0. The maximum atomic E-state index is 6.64. The van der Waals surface area contributed by atoms with Crippen LogP contribution >= 0.6 is 15.9 Å². The highest BCUT2D eigenvalue weighted by Crippen LogP contribution is 2.39. The molecule has 2 nitrogen and oxygen atoms in total. The standard InChI is InChI=1S/C17H33BrO2Si/c1-10-15(19-7)16(14(3)11-13(2)12-18)20-21(8,9)17(4,5)6/h10-11,14-16H,1,12H2,2-9H3/b13-11-/t14-,15+,16-/m0/s1. The van der Waals surface area contributed by atoms with Crippen LogP contribution in [-0.4, -0.2) is 33.0 Å². The van der Waals surface area contributed by atoms with Crippen molar-refractivity contribution in [3.05, 3.63) is 24.3 Å². The van der Waals surface area contributed by atoms with Crippen LogP contribution in [0.1, 0.15) is 34.6 Å². The second kappa shape index (κ2) is 8.66. The molecule has 0 saturated heterocycles. The fourth-order valence-corrected chi connectivity index (χ4v) is 3.51. The Morgan fingerprint density at radius 1 is 1.33 bits per heavy atom. The van der Waals surface area contributed by atoms with E-state index in [-0.39, 0.29) is 23.2 Å². The molecule has 0 aliphatic carbocycles. The van der Waals surface area contributed by atoms with Gasteiger partial charge in [0.25, 0.3) is 0 Å². The number of allylic oxidation sites excluding steroid dienone is 1. The van der Waals surface area contributed by atoms with Crippen LogP contribution in [0.3, 0.4) is 0 Å². The van der Waals surface area contributed by atoms with Crippen molar-refractivity contribution in [1.29, 1.82) is 0 Å². The Morgan fingerprint density at radius 3 is 2.19 bits per heavy atom. The summed E-state index contributed by atoms with van der Waals surface area (Å²) in [4.78, 5) is 0. The van der Waals surface area contributed by atoms with Gasteiger partial charge in [0.05, 0.1) is 6.10 Å². The van der Waals surface area contributed by atoms with E-state index in [9.17, 15) is 0 Å². The Morgan fingerprint density at radius 2 is 1.86 bits per heavy atom. The fraction of sp³-hybridized carbons (Fsp3) is 0.765. The fourth-order valence-electron chi connectivity index (χ4n) is 1.94. The number of methoxy groups -OCH3 is 1. The molecule has 0 radical (unpaired) electrons. The number of rotatable bonds is 8. The lowest BCUT2D eigenvalue weighted by atomic mass is 9.97. The predicted octanol–water partition coefficient (Wildman–Crippen LogP) is 5.56. The number of ether oxygens (including phenoxy) is 1. The van der Waals surface area contributed by atoms with Crippen molar-refractivity contribution in [3.63, 3.8) is 0 Å². The third-order valence-electron chi connectivity index (χ3n) is 4.34. The Bertz CT molecular complexity index is 358. The molecule has 0 aliphatic heterocycles. The van der Waals surface area contributed by atoms with E-state index in [1.54, 1.807) is 7.11 Å². The van der Waals surface area contributed by atoms with Crippen molar-refractivity contribution < 1.29 is 9.16 Å². The highest BCUT2D eigenvalue weighted by molar-refractivity contribution is 9.09. The SMILES string of the molecule is C=C[C@@H](OC)[C@@H](O[Si](C)(C)C(C)(C)C)[C@@H](C)/C=C(/C)CBr. The van der Waals surface area contributed by atoms with E-state index in [1.807, 2.05) is 6.08 Å². The van der Waals surface area contributed by atoms with Gasteiger partial charge in [-0.2, -0.15) is 0 Å². The Kier molecular flexibility index (Phi) is 8.70. The van der Waals surface area contributed by atoms with Gasteiger partial charge in [-0.3, -0.25) is 0 Å². The number of hydrogen-bond acceptors (Lipinski definition) is 2. The molecular formula is C17H33BrO2Si. The van der Waals surface area contributed by atoms with Gasteiger partial charge in [0.15, 0.2) is 8.32 Å². The molecular weight excluding hydrogens is 344 g/mol. The van der Waals surface area contributed by atoms with Crippen molar-refractivity contribution in [2.75, 3.05) is 12.4 Å². The number of alkyl halides is 1. The lowest BCUT2D eigenvalue weighted by Crippen LogP contribution is -2.49. The summed E-state index contributed by atoms with van der Waals surface area (Å²) in [6, 6.07) is 0. The molecule has 3 atom stereocenters. The van der Waals surface area contributed by atoms with E-state index in [2.05, 4.69) is 76.3 Å². The smallest absolute Gasteiger partial charge is 0.192 e. The minimum atomic E-state index is -1.86. The first kappa shape index (κ1) is 21.1. The summed E-state index contributed by atoms with van der Waals surface area (Å²) in [5.41, 5.74) is 1.31. The zero-order valence-corrected chi connectivity index (χ0v) is 17.6. The topological polar surface area (TPSA) is 18.5 Å². The minimum Gasteiger partial charge on any atom is -0.410 e. The molecule has 0 saturated carbocycles. The average Bonchev–Trinajstić information content (AvgIpc) is 2.37. The van der Waals surface area contributed by atoms with E-state index in [0.717, 1.165) is 5.33 Å². The maximum Gasteiger partial charge on any atom is 0.192 e. The van der Waals surface area contributed by atoms with E-state index in [1.165, 1.54) is 5.57 Å². The summed E-state index contributed by atoms with van der Waals surface area (Å²) in [5, 5.41) is 1.06. The van der Waals surface area contributed by atoms with Gasteiger partial charge in [-0.05, 0) is 25.1 Å². The molecule has 0 amide bonds. The zero-order chi connectivity index (χ0) is 16.8. The Hall–Kier alpha value is 0.0969. The quantitative estimate of drug-likeness (QED) is 0.313. The van der Waals surface area contributed by atoms with Crippen molar-refractivity contribution in [1.82, 2.24) is 0 Å². The molecule has 0 fully saturated rings. The molecule has 4 heteroatoms. The normalized spacial score (nSPS) is 18.2. The van der Waals surface area contributed by atoms with Crippen molar-refractivity contribution in [3.8, 4) is 0 Å². The minimum absolute atomic E-state index is 0.00221. The molecule has 124 valence electrons. The van der Waals surface area contributed by atoms with Crippen LogP contribution < -0.4 is 0 Å². The summed E-state index contributed by atoms with van der Waals surface area (Å²) in [6.07, 6.45) is 4.03. The Labute approximate surface area is 141 Å². The highest BCUT2D eigenvalue weighted by atomic mass is 79.9. The number of halogens is 1. The van der Waals surface area contributed by atoms with Crippen LogP contribution in [0.2, 0.25) is 18.1 Å². The molecule has 0 bridgehead atoms. The predicted molar refractivity (Wildman–Crippen MR) is 99.8 cm³/mol. The largest absolute Gasteiger partial charge is 0.410 e. The Balaban J connectivity index is 5.39. The van der Waals surface area contributed by atoms with Gasteiger partial charge in [-0.1, -0.05) is 61.4 Å².